The van der Waals surface area contributed by atoms with Crippen molar-refractivity contribution in [2.24, 2.45) is 0 Å². The third-order valence-corrected chi connectivity index (χ3v) is 5.94. The summed E-state index contributed by atoms with van der Waals surface area (Å²) in [6.07, 6.45) is 3.58. The van der Waals surface area contributed by atoms with Crippen molar-refractivity contribution >= 4 is 34.5 Å². The molecule has 0 spiro atoms. The second kappa shape index (κ2) is 10.8. The zero-order valence-electron chi connectivity index (χ0n) is 19.4. The normalized spacial score (nSPS) is 11.2. The Morgan fingerprint density at radius 1 is 1.09 bits per heavy atom. The summed E-state index contributed by atoms with van der Waals surface area (Å²) in [4.78, 5) is 12.9. The lowest BCUT2D eigenvalue weighted by molar-refractivity contribution is -0.117. The number of hydrogen-bond acceptors (Lipinski definition) is 4. The molecule has 0 saturated carbocycles. The third kappa shape index (κ3) is 5.48. The Morgan fingerprint density at radius 2 is 1.86 bits per heavy atom. The summed E-state index contributed by atoms with van der Waals surface area (Å²) in [6.45, 7) is 0.847. The minimum atomic E-state index is -0.458. The maximum Gasteiger partial charge on any atom is 0.262 e. The molecular formula is C28H24ClN3O3. The van der Waals surface area contributed by atoms with Crippen LogP contribution in [0.2, 0.25) is 5.02 Å². The van der Waals surface area contributed by atoms with Gasteiger partial charge >= 0.3 is 0 Å². The van der Waals surface area contributed by atoms with E-state index in [0.717, 1.165) is 27.6 Å². The van der Waals surface area contributed by atoms with E-state index in [1.165, 1.54) is 0 Å². The molecule has 6 nitrogen and oxygen atoms in total. The summed E-state index contributed by atoms with van der Waals surface area (Å²) < 4.78 is 12.7. The average Bonchev–Trinajstić information content (AvgIpc) is 3.23. The van der Waals surface area contributed by atoms with Gasteiger partial charge in [0.15, 0.2) is 0 Å². The Hall–Kier alpha value is -4.21. The molecule has 176 valence electrons. The van der Waals surface area contributed by atoms with Crippen molar-refractivity contribution in [3.63, 3.8) is 0 Å². The molecule has 0 aliphatic rings. The molecule has 0 bridgehead atoms. The number of nitrogens with one attached hydrogen (secondary N) is 1. The fourth-order valence-electron chi connectivity index (χ4n) is 3.88. The Bertz CT molecular complexity index is 1430. The van der Waals surface area contributed by atoms with Gasteiger partial charge in [-0.1, -0.05) is 41.9 Å². The SMILES string of the molecule is COc1ccc(CNC(=O)/C(C#N)=C/c2cn(Cc3ccc(Cl)cc3)c3ccccc23)c(OC)c1. The molecule has 1 N–H and O–H groups in total. The van der Waals surface area contributed by atoms with E-state index in [0.29, 0.717) is 23.1 Å². The van der Waals surface area contributed by atoms with E-state index in [9.17, 15) is 10.1 Å². The van der Waals surface area contributed by atoms with Gasteiger partial charge in [0.05, 0.1) is 14.2 Å². The molecule has 0 aliphatic carbocycles. The van der Waals surface area contributed by atoms with Crippen LogP contribution in [-0.4, -0.2) is 24.7 Å². The van der Waals surface area contributed by atoms with Crippen molar-refractivity contribution in [2.75, 3.05) is 14.2 Å². The lowest BCUT2D eigenvalue weighted by atomic mass is 10.1. The van der Waals surface area contributed by atoms with E-state index >= 15 is 0 Å². The number of nitrogens with zero attached hydrogens (tertiary/aromatic N) is 2. The van der Waals surface area contributed by atoms with Crippen molar-refractivity contribution in [2.45, 2.75) is 13.1 Å². The number of methoxy groups -OCH3 is 2. The molecule has 4 rings (SSSR count). The van der Waals surface area contributed by atoms with Crippen LogP contribution in [0.15, 0.2) is 78.5 Å². The zero-order chi connectivity index (χ0) is 24.8. The van der Waals surface area contributed by atoms with Crippen molar-refractivity contribution in [1.29, 1.82) is 5.26 Å². The quantitative estimate of drug-likeness (QED) is 0.261. The monoisotopic (exact) mass is 485 g/mol. The molecule has 0 saturated heterocycles. The van der Waals surface area contributed by atoms with Crippen LogP contribution in [0, 0.1) is 11.3 Å². The van der Waals surface area contributed by atoms with E-state index < -0.39 is 5.91 Å². The number of fused-ring (bicyclic) bond motifs is 1. The van der Waals surface area contributed by atoms with Crippen LogP contribution in [0.25, 0.3) is 17.0 Å². The number of carbonyl (C=O) groups excluding carboxylic acids is 1. The van der Waals surface area contributed by atoms with E-state index in [1.54, 1.807) is 32.4 Å². The summed E-state index contributed by atoms with van der Waals surface area (Å²) in [5.41, 5.74) is 3.69. The van der Waals surface area contributed by atoms with Gasteiger partial charge in [0.2, 0.25) is 0 Å². The lowest BCUT2D eigenvalue weighted by Gasteiger charge is -2.11. The minimum Gasteiger partial charge on any atom is -0.497 e. The van der Waals surface area contributed by atoms with E-state index in [-0.39, 0.29) is 12.1 Å². The molecule has 7 heteroatoms. The Labute approximate surface area is 209 Å². The molecule has 0 aliphatic heterocycles. The highest BCUT2D eigenvalue weighted by atomic mass is 35.5. The Morgan fingerprint density at radius 3 is 2.57 bits per heavy atom. The van der Waals surface area contributed by atoms with Crippen molar-refractivity contribution < 1.29 is 14.3 Å². The minimum absolute atomic E-state index is 0.0203. The van der Waals surface area contributed by atoms with Crippen LogP contribution >= 0.6 is 11.6 Å². The van der Waals surface area contributed by atoms with E-state index in [2.05, 4.69) is 9.88 Å². The molecule has 0 atom stereocenters. The van der Waals surface area contributed by atoms with Gasteiger partial charge in [-0.25, -0.2) is 0 Å². The smallest absolute Gasteiger partial charge is 0.262 e. The molecule has 0 radical (unpaired) electrons. The summed E-state index contributed by atoms with van der Waals surface area (Å²) >= 11 is 6.02. The zero-order valence-corrected chi connectivity index (χ0v) is 20.2. The van der Waals surface area contributed by atoms with Crippen LogP contribution in [0.4, 0.5) is 0 Å². The Balaban J connectivity index is 1.58. The first-order chi connectivity index (χ1) is 17.0. The number of ether oxygens (including phenoxy) is 2. The van der Waals surface area contributed by atoms with Crippen LogP contribution in [0.5, 0.6) is 11.5 Å². The molecule has 1 aromatic heterocycles. The van der Waals surface area contributed by atoms with Gasteiger partial charge < -0.3 is 19.4 Å². The summed E-state index contributed by atoms with van der Waals surface area (Å²) in [6, 6.07) is 23.0. The molecule has 4 aromatic rings. The van der Waals surface area contributed by atoms with Gasteiger partial charge in [-0.05, 0) is 42.0 Å². The standard InChI is InChI=1S/C28H24ClN3O3/c1-34-24-12-9-20(27(14-24)35-2)16-31-28(33)21(15-30)13-22-18-32(26-6-4-3-5-25(22)26)17-19-7-10-23(29)11-8-19/h3-14,18H,16-17H2,1-2H3,(H,31,33)/b21-13+. The van der Waals surface area contributed by atoms with E-state index in [1.807, 2.05) is 66.9 Å². The van der Waals surface area contributed by atoms with Gasteiger partial charge in [0.25, 0.3) is 5.91 Å². The number of halogens is 1. The largest absolute Gasteiger partial charge is 0.497 e. The van der Waals surface area contributed by atoms with Crippen LogP contribution in [0.3, 0.4) is 0 Å². The number of benzene rings is 3. The van der Waals surface area contributed by atoms with Crippen LogP contribution < -0.4 is 14.8 Å². The number of rotatable bonds is 8. The highest BCUT2D eigenvalue weighted by Crippen LogP contribution is 2.26. The molecular weight excluding hydrogens is 462 g/mol. The third-order valence-electron chi connectivity index (χ3n) is 5.68. The maximum atomic E-state index is 12.9. The van der Waals surface area contributed by atoms with Gasteiger partial charge in [0, 0.05) is 52.4 Å². The van der Waals surface area contributed by atoms with Crippen molar-refractivity contribution in [1.82, 2.24) is 9.88 Å². The Kier molecular flexibility index (Phi) is 7.39. The van der Waals surface area contributed by atoms with Crippen LogP contribution in [-0.2, 0) is 17.9 Å². The number of carbonyl (C=O) groups is 1. The number of hydrogen-bond donors (Lipinski definition) is 1. The molecule has 35 heavy (non-hydrogen) atoms. The predicted molar refractivity (Wildman–Crippen MR) is 137 cm³/mol. The second-order valence-electron chi connectivity index (χ2n) is 7.89. The summed E-state index contributed by atoms with van der Waals surface area (Å²) in [7, 11) is 3.13. The first-order valence-corrected chi connectivity index (χ1v) is 11.3. The number of amides is 1. The fourth-order valence-corrected chi connectivity index (χ4v) is 4.01. The molecule has 0 unspecified atom stereocenters. The predicted octanol–water partition coefficient (Wildman–Crippen LogP) is 5.58. The average molecular weight is 486 g/mol. The van der Waals surface area contributed by atoms with Gasteiger partial charge in [-0.3, -0.25) is 4.79 Å². The first kappa shape index (κ1) is 23.9. The van der Waals surface area contributed by atoms with Crippen molar-refractivity contribution in [3.8, 4) is 17.6 Å². The second-order valence-corrected chi connectivity index (χ2v) is 8.32. The summed E-state index contributed by atoms with van der Waals surface area (Å²) in [5, 5.41) is 14.2. The number of nitriles is 1. The van der Waals surface area contributed by atoms with Crippen LogP contribution in [0.1, 0.15) is 16.7 Å². The lowest BCUT2D eigenvalue weighted by Crippen LogP contribution is -2.24. The van der Waals surface area contributed by atoms with Crippen molar-refractivity contribution in [3.05, 3.63) is 100 Å². The van der Waals surface area contributed by atoms with E-state index in [4.69, 9.17) is 21.1 Å². The number of aromatic nitrogens is 1. The maximum absolute atomic E-state index is 12.9. The van der Waals surface area contributed by atoms with Gasteiger partial charge in [0.1, 0.15) is 23.1 Å². The fraction of sp³-hybridized carbons (Fsp3) is 0.143. The van der Waals surface area contributed by atoms with Gasteiger partial charge in [-0.2, -0.15) is 5.26 Å². The highest BCUT2D eigenvalue weighted by Gasteiger charge is 2.14. The summed E-state index contributed by atoms with van der Waals surface area (Å²) in [5.74, 6) is 0.793. The molecule has 1 amide bonds. The number of para-hydroxylation sites is 1. The molecule has 1 heterocycles. The molecule has 3 aromatic carbocycles. The highest BCUT2D eigenvalue weighted by molar-refractivity contribution is 6.30. The van der Waals surface area contributed by atoms with Gasteiger partial charge in [-0.15, -0.1) is 0 Å². The first-order valence-electron chi connectivity index (χ1n) is 11.0. The topological polar surface area (TPSA) is 76.3 Å². The molecule has 0 fully saturated rings.